The monoisotopic (exact) mass is 964 g/mol. The second kappa shape index (κ2) is 20.6. The van der Waals surface area contributed by atoms with Gasteiger partial charge < -0.3 is 19.3 Å². The van der Waals surface area contributed by atoms with Crippen molar-refractivity contribution in [3.63, 3.8) is 0 Å². The Morgan fingerprint density at radius 2 is 1.25 bits per heavy atom. The van der Waals surface area contributed by atoms with Gasteiger partial charge in [-0.25, -0.2) is 39.5 Å². The molecule has 71 heavy (non-hydrogen) atoms. The van der Waals surface area contributed by atoms with E-state index in [1.807, 2.05) is 95.7 Å². The summed E-state index contributed by atoms with van der Waals surface area (Å²) in [6.45, 7) is 17.7. The minimum Gasteiger partial charge on any atom is -0.361 e. The maximum absolute atomic E-state index is 13.0. The van der Waals surface area contributed by atoms with Gasteiger partial charge in [-0.3, -0.25) is 13.7 Å². The fraction of sp³-hybridized carbons (Fsp3) is 0.273. The van der Waals surface area contributed by atoms with Crippen molar-refractivity contribution < 1.29 is 4.74 Å². The number of hydrogen-bond donors (Lipinski definition) is 2. The largest absolute Gasteiger partial charge is 0.361 e. The van der Waals surface area contributed by atoms with Gasteiger partial charge in [0.1, 0.15) is 29.4 Å². The van der Waals surface area contributed by atoms with Crippen LogP contribution in [-0.2, 0) is 31.6 Å². The summed E-state index contributed by atoms with van der Waals surface area (Å²) in [7, 11) is 0.632. The quantitative estimate of drug-likeness (QED) is 0.0749. The summed E-state index contributed by atoms with van der Waals surface area (Å²) < 4.78 is 12.9. The van der Waals surface area contributed by atoms with Crippen LogP contribution in [0.1, 0.15) is 61.8 Å². The first-order chi connectivity index (χ1) is 34.2. The molecule has 15 nitrogen and oxygen atoms in total. The van der Waals surface area contributed by atoms with E-state index in [-0.39, 0.29) is 11.4 Å². The highest BCUT2D eigenvalue weighted by atomic mass is 28.3. The molecule has 0 saturated carbocycles. The summed E-state index contributed by atoms with van der Waals surface area (Å²) in [4.78, 5) is 59.5. The number of aromatic amines is 2. The highest BCUT2D eigenvalue weighted by Gasteiger charge is 2.19. The first-order valence-corrected chi connectivity index (χ1v) is 27.8. The van der Waals surface area contributed by atoms with Gasteiger partial charge in [0.15, 0.2) is 22.9 Å². The van der Waals surface area contributed by atoms with Crippen molar-refractivity contribution >= 4 is 30.4 Å². The van der Waals surface area contributed by atoms with Gasteiger partial charge in [-0.1, -0.05) is 144 Å². The molecule has 0 aliphatic rings. The highest BCUT2D eigenvalue weighted by Crippen LogP contribution is 2.29. The van der Waals surface area contributed by atoms with Gasteiger partial charge in [0.2, 0.25) is 0 Å². The molecule has 0 aliphatic heterocycles. The van der Waals surface area contributed by atoms with Gasteiger partial charge in [-0.2, -0.15) is 0 Å². The van der Waals surface area contributed by atoms with E-state index in [1.54, 1.807) is 51.7 Å². The van der Waals surface area contributed by atoms with Crippen molar-refractivity contribution in [3.8, 4) is 45.6 Å². The van der Waals surface area contributed by atoms with Crippen molar-refractivity contribution in [2.75, 3.05) is 6.61 Å². The number of aryl methyl sites for hydroxylation is 1. The van der Waals surface area contributed by atoms with Crippen molar-refractivity contribution in [3.05, 3.63) is 177 Å². The number of H-pyrrole nitrogens is 2. The van der Waals surface area contributed by atoms with Crippen LogP contribution in [-0.4, -0.2) is 72.8 Å². The van der Waals surface area contributed by atoms with Crippen LogP contribution in [0.2, 0.25) is 25.7 Å². The molecule has 6 heterocycles. The smallest absolute Gasteiger partial charge is 0.330 e. The van der Waals surface area contributed by atoms with Crippen LogP contribution >= 0.6 is 0 Å². The number of fused-ring (bicyclic) bond motifs is 2. The number of hydrogen-bond acceptors (Lipinski definition) is 9. The molecule has 10 rings (SSSR count). The predicted octanol–water partition coefficient (Wildman–Crippen LogP) is 10.5. The Bertz CT molecular complexity index is 3540. The van der Waals surface area contributed by atoms with Crippen molar-refractivity contribution in [2.45, 2.75) is 85.0 Å². The zero-order chi connectivity index (χ0) is 49.8. The van der Waals surface area contributed by atoms with Crippen molar-refractivity contribution in [2.24, 2.45) is 7.05 Å². The van der Waals surface area contributed by atoms with E-state index >= 15 is 0 Å². The Hall–Kier alpha value is -7.82. The Morgan fingerprint density at radius 1 is 0.662 bits per heavy atom. The molecule has 0 spiro atoms. The van der Waals surface area contributed by atoms with Crippen LogP contribution in [0.3, 0.4) is 0 Å². The second-order valence-corrected chi connectivity index (χ2v) is 25.3. The first kappa shape index (κ1) is 48.2. The SMILES string of the molecule is CC(C)c1ccccc1-c1ncc2[nH]c(=O)n(Cc3ccc(-c4nccn4COCC[Si](C)(C)C)cc3)c2n1.CC(C)c1ccccc1-c1ncc2c(n1)n(Cc1ccc(-c3ncc[nH]3)cc1)c(=O)n2C. The van der Waals surface area contributed by atoms with Crippen LogP contribution in [0.15, 0.2) is 144 Å². The molecular formula is C55H60N12O3Si. The molecule has 16 heteroatoms. The Morgan fingerprint density at radius 3 is 1.86 bits per heavy atom. The lowest BCUT2D eigenvalue weighted by Gasteiger charge is -2.16. The summed E-state index contributed by atoms with van der Waals surface area (Å²) in [5.41, 5.74) is 10.6. The predicted molar refractivity (Wildman–Crippen MR) is 284 cm³/mol. The van der Waals surface area contributed by atoms with Gasteiger partial charge in [0.25, 0.3) is 0 Å². The van der Waals surface area contributed by atoms with Crippen molar-refractivity contribution in [1.29, 1.82) is 0 Å². The molecule has 362 valence electrons. The van der Waals surface area contributed by atoms with Gasteiger partial charge in [0.05, 0.1) is 25.5 Å². The van der Waals surface area contributed by atoms with Crippen LogP contribution in [0.25, 0.3) is 67.9 Å². The first-order valence-electron chi connectivity index (χ1n) is 24.1. The summed E-state index contributed by atoms with van der Waals surface area (Å²) in [6, 6.07) is 33.6. The number of nitrogens with zero attached hydrogens (tertiary/aromatic N) is 10. The van der Waals surface area contributed by atoms with E-state index in [4.69, 9.17) is 14.7 Å². The minimum absolute atomic E-state index is 0.112. The number of benzene rings is 4. The van der Waals surface area contributed by atoms with E-state index in [0.29, 0.717) is 65.6 Å². The number of aromatic nitrogens is 12. The van der Waals surface area contributed by atoms with E-state index in [0.717, 1.165) is 57.7 Å². The Balaban J connectivity index is 0.000000179. The van der Waals surface area contributed by atoms with E-state index in [1.165, 1.54) is 11.1 Å². The zero-order valence-corrected chi connectivity index (χ0v) is 42.6. The van der Waals surface area contributed by atoms with E-state index < -0.39 is 8.07 Å². The summed E-state index contributed by atoms with van der Waals surface area (Å²) in [6.07, 6.45) is 10.7. The maximum atomic E-state index is 13.0. The summed E-state index contributed by atoms with van der Waals surface area (Å²) in [5, 5.41) is 0. The van der Waals surface area contributed by atoms with Gasteiger partial charge in [-0.05, 0) is 40.1 Å². The molecule has 0 saturated heterocycles. The number of imidazole rings is 4. The summed E-state index contributed by atoms with van der Waals surface area (Å²) in [5.74, 6) is 3.61. The van der Waals surface area contributed by atoms with Crippen LogP contribution < -0.4 is 11.4 Å². The molecule has 0 radical (unpaired) electrons. The molecule has 0 unspecified atom stereocenters. The molecule has 2 N–H and O–H groups in total. The van der Waals surface area contributed by atoms with Crippen LogP contribution in [0.5, 0.6) is 0 Å². The number of rotatable bonds is 15. The fourth-order valence-electron chi connectivity index (χ4n) is 8.61. The lowest BCUT2D eigenvalue weighted by atomic mass is 9.97. The standard InChI is InChI=1S/C30H36N6O2Si.C25H24N6O/c1-21(2)24-8-6-7-9-25(24)27-32-18-26-29(34-27)36(30(37)33-26)19-22-10-12-23(13-11-22)28-31-14-15-35(28)20-38-16-17-39(3,4)5;1-16(2)19-6-4-5-7-20(19)23-28-14-21-24(29-23)31(25(32)30(21)3)15-17-8-10-18(11-9-17)22-26-12-13-27-22/h6-15,18,21H,16-17,19-20H2,1-5H3,(H,33,37);4-14,16H,15H2,1-3H3,(H,26,27). The lowest BCUT2D eigenvalue weighted by molar-refractivity contribution is 0.0883. The van der Waals surface area contributed by atoms with Crippen molar-refractivity contribution in [1.82, 2.24) is 58.1 Å². The molecule has 4 aromatic carbocycles. The third kappa shape index (κ3) is 10.7. The normalized spacial score (nSPS) is 11.8. The Kier molecular flexibility index (Phi) is 14.0. The molecule has 0 amide bonds. The molecular weight excluding hydrogens is 905 g/mol. The van der Waals surface area contributed by atoms with E-state index in [2.05, 4.69) is 89.4 Å². The van der Waals surface area contributed by atoms with Crippen LogP contribution in [0.4, 0.5) is 0 Å². The highest BCUT2D eigenvalue weighted by molar-refractivity contribution is 6.76. The molecule has 0 bridgehead atoms. The summed E-state index contributed by atoms with van der Waals surface area (Å²) >= 11 is 0. The second-order valence-electron chi connectivity index (χ2n) is 19.7. The molecule has 0 aliphatic carbocycles. The Labute approximate surface area is 413 Å². The third-order valence-corrected chi connectivity index (χ3v) is 14.3. The average Bonchev–Trinajstić information content (AvgIpc) is 4.19. The molecule has 0 atom stereocenters. The van der Waals surface area contributed by atoms with E-state index in [9.17, 15) is 9.59 Å². The molecule has 0 fully saturated rings. The molecule has 6 aromatic heterocycles. The average molecular weight is 965 g/mol. The fourth-order valence-corrected chi connectivity index (χ4v) is 9.37. The topological polar surface area (TPSA) is 172 Å². The van der Waals surface area contributed by atoms with Crippen LogP contribution in [0, 0.1) is 0 Å². The van der Waals surface area contributed by atoms with Gasteiger partial charge in [-0.15, -0.1) is 0 Å². The minimum atomic E-state index is -1.12. The van der Waals surface area contributed by atoms with Gasteiger partial charge >= 0.3 is 11.4 Å². The number of ether oxygens (including phenoxy) is 1. The number of nitrogens with one attached hydrogen (secondary N) is 2. The maximum Gasteiger partial charge on any atom is 0.330 e. The van der Waals surface area contributed by atoms with Gasteiger partial charge in [0, 0.05) is 68.8 Å². The molecule has 10 aromatic rings. The lowest BCUT2D eigenvalue weighted by Crippen LogP contribution is -2.22. The third-order valence-electron chi connectivity index (χ3n) is 12.6. The zero-order valence-electron chi connectivity index (χ0n) is 41.6.